The van der Waals surface area contributed by atoms with Gasteiger partial charge >= 0.3 is 0 Å². The molecule has 3 nitrogen and oxygen atoms in total. The lowest BCUT2D eigenvalue weighted by Gasteiger charge is -2.38. The molecule has 0 spiro atoms. The Kier molecular flexibility index (Phi) is 4.18. The fraction of sp³-hybridized carbons (Fsp3) is 0.400. The molecule has 0 aromatic heterocycles. The van der Waals surface area contributed by atoms with Crippen molar-refractivity contribution in [2.75, 3.05) is 13.1 Å². The summed E-state index contributed by atoms with van der Waals surface area (Å²) in [6.07, 6.45) is 1.75. The summed E-state index contributed by atoms with van der Waals surface area (Å²) in [6, 6.07) is 8.29. The van der Waals surface area contributed by atoms with E-state index >= 15 is 0 Å². The third-order valence-electron chi connectivity index (χ3n) is 3.10. The second-order valence-corrected chi connectivity index (χ2v) is 4.83. The smallest absolute Gasteiger partial charge is 0.123 e. The highest BCUT2D eigenvalue weighted by molar-refractivity contribution is 5.66. The molecule has 1 saturated heterocycles. The summed E-state index contributed by atoms with van der Waals surface area (Å²) in [5.74, 6) is -0.274. The lowest BCUT2D eigenvalue weighted by atomic mass is 10.1. The zero-order valence-corrected chi connectivity index (χ0v) is 11.1. The molecule has 0 radical (unpaired) electrons. The lowest BCUT2D eigenvalue weighted by molar-refractivity contribution is -0.0508. The zero-order valence-electron chi connectivity index (χ0n) is 11.1. The number of nitrogens with zero attached hydrogens (tertiary/aromatic N) is 2. The van der Waals surface area contributed by atoms with Crippen LogP contribution in [0.25, 0.3) is 5.70 Å². The normalized spacial score (nSPS) is 24.1. The molecule has 2 rings (SSSR count). The number of halogens is 1. The molecule has 1 aromatic rings. The van der Waals surface area contributed by atoms with E-state index in [4.69, 9.17) is 10.00 Å². The average molecular weight is 260 g/mol. The Bertz CT molecular complexity index is 494. The van der Waals surface area contributed by atoms with Gasteiger partial charge in [0.15, 0.2) is 0 Å². The molecule has 0 N–H and O–H groups in total. The minimum Gasteiger partial charge on any atom is -0.372 e. The van der Waals surface area contributed by atoms with Crippen molar-refractivity contribution in [2.45, 2.75) is 26.1 Å². The molecular formula is C15H17FN2O. The molecule has 1 fully saturated rings. The summed E-state index contributed by atoms with van der Waals surface area (Å²) in [4.78, 5) is 2.12. The summed E-state index contributed by atoms with van der Waals surface area (Å²) in [5.41, 5.74) is 1.67. The quantitative estimate of drug-likeness (QED) is 0.767. The molecule has 0 unspecified atom stereocenters. The SMILES string of the molecule is C[C@@H]1CN(/C(=C\C#N)c2ccc(F)cc2)C[C@H](C)O1. The first-order valence-corrected chi connectivity index (χ1v) is 6.36. The average Bonchev–Trinajstić information content (AvgIpc) is 2.36. The van der Waals surface area contributed by atoms with Gasteiger partial charge in [-0.25, -0.2) is 4.39 Å². The minimum atomic E-state index is -0.274. The number of ether oxygens (including phenoxy) is 1. The molecule has 100 valence electrons. The van der Waals surface area contributed by atoms with Gasteiger partial charge in [-0.3, -0.25) is 0 Å². The van der Waals surface area contributed by atoms with Gasteiger partial charge in [0.1, 0.15) is 5.82 Å². The van der Waals surface area contributed by atoms with E-state index in [0.717, 1.165) is 24.4 Å². The highest BCUT2D eigenvalue weighted by Crippen LogP contribution is 2.24. The minimum absolute atomic E-state index is 0.117. The maximum atomic E-state index is 13.0. The van der Waals surface area contributed by atoms with Crippen molar-refractivity contribution in [1.82, 2.24) is 4.90 Å². The van der Waals surface area contributed by atoms with Gasteiger partial charge in [-0.2, -0.15) is 5.26 Å². The highest BCUT2D eigenvalue weighted by Gasteiger charge is 2.24. The van der Waals surface area contributed by atoms with Crippen molar-refractivity contribution in [3.63, 3.8) is 0 Å². The van der Waals surface area contributed by atoms with Crippen molar-refractivity contribution in [3.05, 3.63) is 41.7 Å². The molecule has 1 aromatic carbocycles. The molecule has 2 atom stereocenters. The number of nitriles is 1. The third-order valence-corrected chi connectivity index (χ3v) is 3.10. The van der Waals surface area contributed by atoms with Crippen LogP contribution in [0.4, 0.5) is 4.39 Å². The van der Waals surface area contributed by atoms with E-state index in [-0.39, 0.29) is 18.0 Å². The van der Waals surface area contributed by atoms with E-state index in [9.17, 15) is 4.39 Å². The summed E-state index contributed by atoms with van der Waals surface area (Å²) in [6.45, 7) is 5.49. The maximum absolute atomic E-state index is 13.0. The van der Waals surface area contributed by atoms with Gasteiger partial charge < -0.3 is 9.64 Å². The molecule has 0 saturated carbocycles. The first-order chi connectivity index (χ1) is 9.10. The number of allylic oxidation sites excluding steroid dienone is 1. The molecule has 19 heavy (non-hydrogen) atoms. The van der Waals surface area contributed by atoms with Gasteiger partial charge in [-0.1, -0.05) is 0 Å². The Hall–Kier alpha value is -1.86. The Morgan fingerprint density at radius 1 is 1.32 bits per heavy atom. The van der Waals surface area contributed by atoms with Gasteiger partial charge in [0.2, 0.25) is 0 Å². The van der Waals surface area contributed by atoms with E-state index in [1.807, 2.05) is 13.8 Å². The zero-order chi connectivity index (χ0) is 13.8. The van der Waals surface area contributed by atoms with Gasteiger partial charge in [-0.15, -0.1) is 0 Å². The summed E-state index contributed by atoms with van der Waals surface area (Å²) in [5, 5.41) is 8.96. The number of benzene rings is 1. The Balaban J connectivity index is 2.28. The van der Waals surface area contributed by atoms with Gasteiger partial charge in [0.05, 0.1) is 24.0 Å². The van der Waals surface area contributed by atoms with Crippen LogP contribution in [0.5, 0.6) is 0 Å². The lowest BCUT2D eigenvalue weighted by Crippen LogP contribution is -2.44. The van der Waals surface area contributed by atoms with Crippen molar-refractivity contribution >= 4 is 5.70 Å². The molecule has 1 heterocycles. The van der Waals surface area contributed by atoms with Crippen molar-refractivity contribution in [1.29, 1.82) is 5.26 Å². The van der Waals surface area contributed by atoms with Crippen LogP contribution in [-0.4, -0.2) is 30.2 Å². The van der Waals surface area contributed by atoms with Crippen LogP contribution in [0.2, 0.25) is 0 Å². The van der Waals surface area contributed by atoms with Crippen LogP contribution in [0, 0.1) is 17.1 Å². The van der Waals surface area contributed by atoms with Crippen LogP contribution in [0.1, 0.15) is 19.4 Å². The summed E-state index contributed by atoms with van der Waals surface area (Å²) < 4.78 is 18.7. The van der Waals surface area contributed by atoms with E-state index < -0.39 is 0 Å². The summed E-state index contributed by atoms with van der Waals surface area (Å²) >= 11 is 0. The first kappa shape index (κ1) is 13.6. The summed E-state index contributed by atoms with van der Waals surface area (Å²) in [7, 11) is 0. The van der Waals surface area contributed by atoms with Gasteiger partial charge in [-0.05, 0) is 43.7 Å². The van der Waals surface area contributed by atoms with Crippen LogP contribution >= 0.6 is 0 Å². The maximum Gasteiger partial charge on any atom is 0.123 e. The predicted octanol–water partition coefficient (Wildman–Crippen LogP) is 2.80. The van der Waals surface area contributed by atoms with E-state index in [0.29, 0.717) is 0 Å². The predicted molar refractivity (Wildman–Crippen MR) is 71.6 cm³/mol. The standard InChI is InChI=1S/C15H17FN2O/c1-11-9-18(10-12(2)19-11)15(7-8-17)13-3-5-14(16)6-4-13/h3-7,11-12H,9-10H2,1-2H3/b15-7-/t11-,12+. The van der Waals surface area contributed by atoms with Crippen LogP contribution in [-0.2, 0) is 4.74 Å². The van der Waals surface area contributed by atoms with Crippen molar-refractivity contribution < 1.29 is 9.13 Å². The fourth-order valence-electron chi connectivity index (χ4n) is 2.41. The van der Waals surface area contributed by atoms with Crippen molar-refractivity contribution in [2.24, 2.45) is 0 Å². The number of hydrogen-bond acceptors (Lipinski definition) is 3. The van der Waals surface area contributed by atoms with Crippen LogP contribution in [0.15, 0.2) is 30.3 Å². The van der Waals surface area contributed by atoms with Crippen LogP contribution in [0.3, 0.4) is 0 Å². The first-order valence-electron chi connectivity index (χ1n) is 6.36. The number of rotatable bonds is 2. The fourth-order valence-corrected chi connectivity index (χ4v) is 2.41. The molecule has 4 heteroatoms. The Morgan fingerprint density at radius 2 is 1.89 bits per heavy atom. The molecule has 1 aliphatic rings. The van der Waals surface area contributed by atoms with Crippen LogP contribution < -0.4 is 0 Å². The molecule has 0 bridgehead atoms. The molecule has 0 aliphatic carbocycles. The largest absolute Gasteiger partial charge is 0.372 e. The number of morpholine rings is 1. The molecular weight excluding hydrogens is 243 g/mol. The molecule has 0 amide bonds. The van der Waals surface area contributed by atoms with Crippen molar-refractivity contribution in [3.8, 4) is 6.07 Å². The van der Waals surface area contributed by atoms with E-state index in [2.05, 4.69) is 11.0 Å². The highest BCUT2D eigenvalue weighted by atomic mass is 19.1. The van der Waals surface area contributed by atoms with E-state index in [1.54, 1.807) is 12.1 Å². The second kappa shape index (κ2) is 5.85. The molecule has 1 aliphatic heterocycles. The topological polar surface area (TPSA) is 36.3 Å². The second-order valence-electron chi connectivity index (χ2n) is 4.83. The Morgan fingerprint density at radius 3 is 2.42 bits per heavy atom. The van der Waals surface area contributed by atoms with E-state index in [1.165, 1.54) is 18.2 Å². The van der Waals surface area contributed by atoms with Gasteiger partial charge in [0, 0.05) is 19.2 Å². The number of hydrogen-bond donors (Lipinski definition) is 0. The Labute approximate surface area is 112 Å². The van der Waals surface area contributed by atoms with Gasteiger partial charge in [0.25, 0.3) is 0 Å². The monoisotopic (exact) mass is 260 g/mol. The third kappa shape index (κ3) is 3.33.